The van der Waals surface area contributed by atoms with Crippen molar-refractivity contribution in [1.29, 1.82) is 0 Å². The minimum absolute atomic E-state index is 0.158. The number of piperazine rings is 1. The highest BCUT2D eigenvalue weighted by molar-refractivity contribution is 6.00. The van der Waals surface area contributed by atoms with Crippen LogP contribution >= 0.6 is 0 Å². The summed E-state index contributed by atoms with van der Waals surface area (Å²) in [5.74, 6) is -0.562. The number of nitrogens with zero attached hydrogens (tertiary/aromatic N) is 2. The fourth-order valence-corrected chi connectivity index (χ4v) is 3.19. The van der Waals surface area contributed by atoms with Gasteiger partial charge in [-0.05, 0) is 30.7 Å². The maximum absolute atomic E-state index is 12.9. The molecule has 0 aliphatic carbocycles. The molecule has 3 rings (SSSR count). The summed E-state index contributed by atoms with van der Waals surface area (Å²) in [6.07, 6.45) is -4.29. The predicted molar refractivity (Wildman–Crippen MR) is 95.1 cm³/mol. The Bertz CT molecular complexity index is 837. The van der Waals surface area contributed by atoms with Gasteiger partial charge in [0.05, 0.1) is 12.0 Å². The minimum Gasteiger partial charge on any atom is -0.329 e. The van der Waals surface area contributed by atoms with E-state index in [9.17, 15) is 22.8 Å². The van der Waals surface area contributed by atoms with Gasteiger partial charge in [-0.3, -0.25) is 9.59 Å². The van der Waals surface area contributed by atoms with Crippen LogP contribution in [0.25, 0.3) is 0 Å². The Morgan fingerprint density at radius 1 is 1.07 bits per heavy atom. The molecule has 7 heteroatoms. The van der Waals surface area contributed by atoms with Crippen LogP contribution < -0.4 is 4.90 Å². The molecule has 2 aromatic carbocycles. The van der Waals surface area contributed by atoms with Crippen molar-refractivity contribution in [2.75, 3.05) is 18.0 Å². The molecule has 0 N–H and O–H groups in total. The van der Waals surface area contributed by atoms with E-state index in [0.717, 1.165) is 17.7 Å². The number of hydrogen-bond acceptors (Lipinski definition) is 2. The molecule has 1 heterocycles. The molecular weight excluding hydrogens is 357 g/mol. The van der Waals surface area contributed by atoms with E-state index < -0.39 is 17.8 Å². The van der Waals surface area contributed by atoms with Gasteiger partial charge in [-0.25, -0.2) is 0 Å². The Hall–Kier alpha value is -2.83. The molecule has 142 valence electrons. The molecule has 0 saturated carbocycles. The van der Waals surface area contributed by atoms with Gasteiger partial charge in [0.25, 0.3) is 0 Å². The molecule has 0 unspecified atom stereocenters. The normalized spacial score (nSPS) is 17.9. The molecular formula is C20H19F3N2O2. The summed E-state index contributed by atoms with van der Waals surface area (Å²) in [6.45, 7) is 2.03. The number of amides is 2. The Morgan fingerprint density at radius 2 is 1.78 bits per heavy atom. The maximum Gasteiger partial charge on any atom is 0.416 e. The molecule has 0 spiro atoms. The molecule has 0 bridgehead atoms. The lowest BCUT2D eigenvalue weighted by molar-refractivity contribution is -0.140. The second-order valence-electron chi connectivity index (χ2n) is 6.46. The summed E-state index contributed by atoms with van der Waals surface area (Å²) in [4.78, 5) is 28.1. The van der Waals surface area contributed by atoms with E-state index in [4.69, 9.17) is 0 Å². The summed E-state index contributed by atoms with van der Waals surface area (Å²) in [5.41, 5.74) is 0.238. The van der Waals surface area contributed by atoms with Crippen LogP contribution in [0.5, 0.6) is 0 Å². The van der Waals surface area contributed by atoms with Crippen molar-refractivity contribution in [2.45, 2.75) is 25.6 Å². The largest absolute Gasteiger partial charge is 0.416 e. The van der Waals surface area contributed by atoms with Crippen molar-refractivity contribution >= 4 is 17.5 Å². The fraction of sp³-hybridized carbons (Fsp3) is 0.300. The molecule has 1 fully saturated rings. The van der Waals surface area contributed by atoms with Gasteiger partial charge in [0.1, 0.15) is 6.04 Å². The first-order valence-corrected chi connectivity index (χ1v) is 8.59. The van der Waals surface area contributed by atoms with Crippen molar-refractivity contribution in [2.24, 2.45) is 0 Å². The highest BCUT2D eigenvalue weighted by Crippen LogP contribution is 2.32. The van der Waals surface area contributed by atoms with E-state index in [1.807, 2.05) is 30.3 Å². The maximum atomic E-state index is 12.9. The van der Waals surface area contributed by atoms with Crippen LogP contribution in [0, 0.1) is 0 Å². The van der Waals surface area contributed by atoms with Crippen molar-refractivity contribution in [3.05, 3.63) is 65.7 Å². The second-order valence-corrected chi connectivity index (χ2v) is 6.46. The highest BCUT2D eigenvalue weighted by atomic mass is 19.4. The molecule has 1 saturated heterocycles. The molecule has 1 aliphatic heterocycles. The second kappa shape index (κ2) is 7.42. The summed E-state index contributed by atoms with van der Waals surface area (Å²) >= 11 is 0. The molecule has 0 radical (unpaired) electrons. The van der Waals surface area contributed by atoms with E-state index in [-0.39, 0.29) is 37.0 Å². The molecule has 4 nitrogen and oxygen atoms in total. The summed E-state index contributed by atoms with van der Waals surface area (Å²) in [6, 6.07) is 13.2. The van der Waals surface area contributed by atoms with E-state index in [1.165, 1.54) is 21.9 Å². The number of rotatable bonds is 3. The van der Waals surface area contributed by atoms with Gasteiger partial charge >= 0.3 is 6.18 Å². The Labute approximate surface area is 155 Å². The van der Waals surface area contributed by atoms with Crippen LogP contribution in [0.3, 0.4) is 0 Å². The summed E-state index contributed by atoms with van der Waals surface area (Å²) < 4.78 is 38.8. The number of alkyl halides is 3. The standard InChI is InChI=1S/C20H19F3N2O2/c1-14-19(27)25(17-9-5-8-16(13-17)20(21,22)23)11-10-24(14)18(26)12-15-6-3-2-4-7-15/h2-9,13-14H,10-12H2,1H3/t14-/m0/s1. The van der Waals surface area contributed by atoms with Gasteiger partial charge in [0.2, 0.25) is 11.8 Å². The zero-order valence-electron chi connectivity index (χ0n) is 14.7. The first kappa shape index (κ1) is 18.9. The third-order valence-corrected chi connectivity index (χ3v) is 4.66. The fourth-order valence-electron chi connectivity index (χ4n) is 3.19. The molecule has 2 aromatic rings. The predicted octanol–water partition coefficient (Wildman–Crippen LogP) is 3.51. The number of carbonyl (C=O) groups is 2. The molecule has 27 heavy (non-hydrogen) atoms. The van der Waals surface area contributed by atoms with Crippen molar-refractivity contribution in [3.63, 3.8) is 0 Å². The lowest BCUT2D eigenvalue weighted by Gasteiger charge is -2.39. The Balaban J connectivity index is 1.74. The van der Waals surface area contributed by atoms with Crippen LogP contribution in [0.2, 0.25) is 0 Å². The quantitative estimate of drug-likeness (QED) is 0.823. The lowest BCUT2D eigenvalue weighted by Crippen LogP contribution is -2.58. The van der Waals surface area contributed by atoms with E-state index in [2.05, 4.69) is 0 Å². The molecule has 1 aliphatic rings. The van der Waals surface area contributed by atoms with Crippen LogP contribution in [0.4, 0.5) is 18.9 Å². The smallest absolute Gasteiger partial charge is 0.329 e. The van der Waals surface area contributed by atoms with Gasteiger partial charge in [0, 0.05) is 18.8 Å². The van der Waals surface area contributed by atoms with Gasteiger partial charge < -0.3 is 9.80 Å². The van der Waals surface area contributed by atoms with Gasteiger partial charge in [-0.2, -0.15) is 13.2 Å². The van der Waals surface area contributed by atoms with Gasteiger partial charge in [-0.1, -0.05) is 36.4 Å². The summed E-state index contributed by atoms with van der Waals surface area (Å²) in [5, 5.41) is 0. The van der Waals surface area contributed by atoms with Crippen molar-refractivity contribution in [1.82, 2.24) is 4.90 Å². The van der Waals surface area contributed by atoms with Crippen molar-refractivity contribution < 1.29 is 22.8 Å². The van der Waals surface area contributed by atoms with Gasteiger partial charge in [-0.15, -0.1) is 0 Å². The van der Waals surface area contributed by atoms with Crippen LogP contribution in [-0.4, -0.2) is 35.8 Å². The zero-order valence-corrected chi connectivity index (χ0v) is 14.7. The number of hydrogen-bond donors (Lipinski definition) is 0. The van der Waals surface area contributed by atoms with Crippen LogP contribution in [-0.2, 0) is 22.2 Å². The number of carbonyl (C=O) groups excluding carboxylic acids is 2. The molecule has 1 atom stereocenters. The van der Waals surface area contributed by atoms with E-state index >= 15 is 0 Å². The Kier molecular flexibility index (Phi) is 5.21. The minimum atomic E-state index is -4.47. The molecule has 0 aromatic heterocycles. The van der Waals surface area contributed by atoms with Gasteiger partial charge in [0.15, 0.2) is 0 Å². The van der Waals surface area contributed by atoms with E-state index in [0.29, 0.717) is 0 Å². The van der Waals surface area contributed by atoms with Crippen molar-refractivity contribution in [3.8, 4) is 0 Å². The number of halogens is 3. The topological polar surface area (TPSA) is 40.6 Å². The first-order chi connectivity index (χ1) is 12.8. The van der Waals surface area contributed by atoms with Crippen LogP contribution in [0.1, 0.15) is 18.1 Å². The zero-order chi connectivity index (χ0) is 19.6. The SMILES string of the molecule is C[C@H]1C(=O)N(c2cccc(C(F)(F)F)c2)CCN1C(=O)Cc1ccccc1. The molecule has 2 amide bonds. The van der Waals surface area contributed by atoms with E-state index in [1.54, 1.807) is 6.92 Å². The van der Waals surface area contributed by atoms with Crippen LogP contribution in [0.15, 0.2) is 54.6 Å². The Morgan fingerprint density at radius 3 is 2.44 bits per heavy atom. The average Bonchev–Trinajstić information content (AvgIpc) is 2.64. The first-order valence-electron chi connectivity index (χ1n) is 8.59. The average molecular weight is 376 g/mol. The highest BCUT2D eigenvalue weighted by Gasteiger charge is 2.36. The number of benzene rings is 2. The third kappa shape index (κ3) is 4.13. The lowest BCUT2D eigenvalue weighted by atomic mass is 10.1. The summed E-state index contributed by atoms with van der Waals surface area (Å²) in [7, 11) is 0. The monoisotopic (exact) mass is 376 g/mol. The third-order valence-electron chi connectivity index (χ3n) is 4.66. The number of anilines is 1.